The van der Waals surface area contributed by atoms with Gasteiger partial charge < -0.3 is 10.1 Å². The fraction of sp³-hybridized carbons (Fsp3) is 0.857. The van der Waals surface area contributed by atoms with Crippen molar-refractivity contribution in [3.8, 4) is 0 Å². The van der Waals surface area contributed by atoms with Crippen molar-refractivity contribution in [3.05, 3.63) is 10.4 Å². The van der Waals surface area contributed by atoms with Crippen molar-refractivity contribution in [2.75, 3.05) is 20.2 Å². The summed E-state index contributed by atoms with van der Waals surface area (Å²) >= 11 is 0. The van der Waals surface area contributed by atoms with Crippen LogP contribution in [0.5, 0.6) is 0 Å². The third-order valence-electron chi connectivity index (χ3n) is 2.08. The van der Waals surface area contributed by atoms with Crippen molar-refractivity contribution in [2.45, 2.75) is 12.5 Å². The predicted molar refractivity (Wildman–Crippen MR) is 45.9 cm³/mol. The number of piperidine rings is 1. The fourth-order valence-corrected chi connectivity index (χ4v) is 1.43. The summed E-state index contributed by atoms with van der Waals surface area (Å²) < 4.78 is 4.60. The smallest absolute Gasteiger partial charge is 0.309 e. The zero-order valence-corrected chi connectivity index (χ0v) is 7.43. The topological polar surface area (TPSA) is 87.1 Å². The molecule has 1 heterocycles. The van der Waals surface area contributed by atoms with E-state index in [-0.39, 0.29) is 17.9 Å². The molecule has 13 heavy (non-hydrogen) atoms. The van der Waals surface area contributed by atoms with Gasteiger partial charge in [0.2, 0.25) is 0 Å². The van der Waals surface area contributed by atoms with Crippen LogP contribution in [0.15, 0.2) is 5.11 Å². The first-order valence-corrected chi connectivity index (χ1v) is 4.10. The van der Waals surface area contributed by atoms with E-state index in [1.165, 1.54) is 7.11 Å². The molecule has 0 aliphatic carbocycles. The molecule has 0 radical (unpaired) electrons. The molecule has 1 N–H and O–H groups in total. The lowest BCUT2D eigenvalue weighted by atomic mass is 9.96. The van der Waals surface area contributed by atoms with Crippen molar-refractivity contribution < 1.29 is 9.53 Å². The Kier molecular flexibility index (Phi) is 3.54. The van der Waals surface area contributed by atoms with Gasteiger partial charge in [0.25, 0.3) is 0 Å². The van der Waals surface area contributed by atoms with Crippen molar-refractivity contribution in [3.63, 3.8) is 0 Å². The van der Waals surface area contributed by atoms with Crippen LogP contribution in [-0.4, -0.2) is 32.2 Å². The minimum absolute atomic E-state index is 0.136. The Morgan fingerprint density at radius 3 is 3.08 bits per heavy atom. The van der Waals surface area contributed by atoms with Gasteiger partial charge in [-0.15, -0.1) is 0 Å². The lowest BCUT2D eigenvalue weighted by molar-refractivity contribution is -0.146. The molecule has 0 amide bonds. The van der Waals surface area contributed by atoms with Gasteiger partial charge in [0.1, 0.15) is 0 Å². The van der Waals surface area contributed by atoms with Gasteiger partial charge in [-0.3, -0.25) is 4.79 Å². The van der Waals surface area contributed by atoms with Crippen LogP contribution in [0.4, 0.5) is 0 Å². The first-order valence-electron chi connectivity index (χ1n) is 4.10. The van der Waals surface area contributed by atoms with Crippen LogP contribution in [0.25, 0.3) is 10.4 Å². The second-order valence-corrected chi connectivity index (χ2v) is 2.97. The molecule has 1 rings (SSSR count). The molecule has 1 fully saturated rings. The molecule has 1 saturated heterocycles. The quantitative estimate of drug-likeness (QED) is 0.292. The Balaban J connectivity index is 2.50. The summed E-state index contributed by atoms with van der Waals surface area (Å²) in [7, 11) is 1.36. The normalized spacial score (nSPS) is 27.5. The lowest BCUT2D eigenvalue weighted by Crippen LogP contribution is -2.41. The standard InChI is InChI=1S/C7H12N4O2/c1-13-7(12)5-2-6(10-11-8)4-9-3-5/h5-6,9H,2-4H2,1H3/t5-,6-/m1/s1. The molecular weight excluding hydrogens is 172 g/mol. The van der Waals surface area contributed by atoms with Crippen molar-refractivity contribution in [1.29, 1.82) is 0 Å². The molecule has 72 valence electrons. The van der Waals surface area contributed by atoms with Crippen molar-refractivity contribution in [2.24, 2.45) is 11.0 Å². The summed E-state index contributed by atoms with van der Waals surface area (Å²) in [5.41, 5.74) is 8.21. The van der Waals surface area contributed by atoms with Crippen LogP contribution in [-0.2, 0) is 9.53 Å². The lowest BCUT2D eigenvalue weighted by Gasteiger charge is -2.25. The Bertz CT molecular complexity index is 237. The van der Waals surface area contributed by atoms with E-state index in [2.05, 4.69) is 20.1 Å². The van der Waals surface area contributed by atoms with Crippen LogP contribution < -0.4 is 5.32 Å². The zero-order chi connectivity index (χ0) is 9.68. The minimum atomic E-state index is -0.245. The van der Waals surface area contributed by atoms with Gasteiger partial charge >= 0.3 is 5.97 Å². The Morgan fingerprint density at radius 1 is 1.69 bits per heavy atom. The van der Waals surface area contributed by atoms with Crippen molar-refractivity contribution >= 4 is 5.97 Å². The number of nitrogens with zero attached hydrogens (tertiary/aromatic N) is 3. The van der Waals surface area contributed by atoms with E-state index in [1.807, 2.05) is 0 Å². The molecule has 0 bridgehead atoms. The molecule has 1 aliphatic heterocycles. The summed E-state index contributed by atoms with van der Waals surface area (Å²) in [6.45, 7) is 1.24. The van der Waals surface area contributed by atoms with Gasteiger partial charge in [-0.1, -0.05) is 5.11 Å². The highest BCUT2D eigenvalue weighted by Gasteiger charge is 2.26. The summed E-state index contributed by atoms with van der Waals surface area (Å²) in [5, 5.41) is 6.58. The zero-order valence-electron chi connectivity index (χ0n) is 7.43. The molecule has 0 unspecified atom stereocenters. The summed E-state index contributed by atoms with van der Waals surface area (Å²) in [5.74, 6) is -0.431. The van der Waals surface area contributed by atoms with Gasteiger partial charge in [0, 0.05) is 18.0 Å². The van der Waals surface area contributed by atoms with E-state index < -0.39 is 0 Å². The average Bonchev–Trinajstić information content (AvgIpc) is 2.18. The SMILES string of the molecule is COC(=O)[C@H]1CNC[C@H](N=[N+]=[N-])C1. The number of carbonyl (C=O) groups excluding carboxylic acids is 1. The van der Waals surface area contributed by atoms with E-state index in [9.17, 15) is 4.79 Å². The Hall–Kier alpha value is -1.26. The maximum atomic E-state index is 11.1. The van der Waals surface area contributed by atoms with Crippen molar-refractivity contribution in [1.82, 2.24) is 5.32 Å². The number of hydrogen-bond acceptors (Lipinski definition) is 4. The first-order chi connectivity index (χ1) is 6.27. The maximum absolute atomic E-state index is 11.1. The van der Waals surface area contributed by atoms with Gasteiger partial charge in [0.15, 0.2) is 0 Å². The summed E-state index contributed by atoms with van der Waals surface area (Å²) in [6.07, 6.45) is 0.573. The van der Waals surface area contributed by atoms with Gasteiger partial charge in [-0.2, -0.15) is 0 Å². The Labute approximate surface area is 75.9 Å². The van der Waals surface area contributed by atoms with Crippen LogP contribution >= 0.6 is 0 Å². The molecule has 6 nitrogen and oxygen atoms in total. The number of nitrogens with one attached hydrogen (secondary N) is 1. The molecule has 6 heteroatoms. The molecule has 2 atom stereocenters. The molecule has 0 aromatic carbocycles. The maximum Gasteiger partial charge on any atom is 0.309 e. The van der Waals surface area contributed by atoms with E-state index in [1.54, 1.807) is 0 Å². The highest BCUT2D eigenvalue weighted by atomic mass is 16.5. The largest absolute Gasteiger partial charge is 0.469 e. The molecule has 0 aromatic rings. The highest BCUT2D eigenvalue weighted by molar-refractivity contribution is 5.72. The number of methoxy groups -OCH3 is 1. The average molecular weight is 184 g/mol. The van der Waals surface area contributed by atoms with E-state index in [0.717, 1.165) is 0 Å². The van der Waals surface area contributed by atoms with Crippen LogP contribution in [0.1, 0.15) is 6.42 Å². The van der Waals surface area contributed by atoms with Crippen LogP contribution in [0.2, 0.25) is 0 Å². The summed E-state index contributed by atoms with van der Waals surface area (Å²) in [4.78, 5) is 13.8. The second-order valence-electron chi connectivity index (χ2n) is 2.97. The molecular formula is C7H12N4O2. The summed E-state index contributed by atoms with van der Waals surface area (Å²) in [6, 6.07) is -0.136. The number of rotatable bonds is 2. The number of azide groups is 1. The fourth-order valence-electron chi connectivity index (χ4n) is 1.43. The Morgan fingerprint density at radius 2 is 2.46 bits per heavy atom. The van der Waals surface area contributed by atoms with Crippen LogP contribution in [0.3, 0.4) is 0 Å². The van der Waals surface area contributed by atoms with E-state index >= 15 is 0 Å². The van der Waals surface area contributed by atoms with Gasteiger partial charge in [-0.25, -0.2) is 0 Å². The number of ether oxygens (including phenoxy) is 1. The molecule has 0 aromatic heterocycles. The molecule has 1 aliphatic rings. The third kappa shape index (κ3) is 2.61. The second kappa shape index (κ2) is 4.69. The number of esters is 1. The minimum Gasteiger partial charge on any atom is -0.469 e. The number of carbonyl (C=O) groups is 1. The predicted octanol–water partition coefficient (Wildman–Crippen LogP) is 0.448. The van der Waals surface area contributed by atoms with Crippen LogP contribution in [0, 0.1) is 5.92 Å². The molecule has 0 saturated carbocycles. The van der Waals surface area contributed by atoms with E-state index in [0.29, 0.717) is 19.5 Å². The highest BCUT2D eigenvalue weighted by Crippen LogP contribution is 2.14. The monoisotopic (exact) mass is 184 g/mol. The third-order valence-corrected chi connectivity index (χ3v) is 2.08. The van der Waals surface area contributed by atoms with E-state index in [4.69, 9.17) is 5.53 Å². The first kappa shape index (κ1) is 9.83. The van der Waals surface area contributed by atoms with Gasteiger partial charge in [-0.05, 0) is 12.0 Å². The number of hydrogen-bond donors (Lipinski definition) is 1. The van der Waals surface area contributed by atoms with Gasteiger partial charge in [0.05, 0.1) is 19.1 Å². The molecule has 0 spiro atoms.